The van der Waals surface area contributed by atoms with Crippen molar-refractivity contribution in [3.05, 3.63) is 70.8 Å². The Balaban J connectivity index is 1.53. The van der Waals surface area contributed by atoms with E-state index in [2.05, 4.69) is 5.32 Å². The topological polar surface area (TPSA) is 97.3 Å². The molecular formula is C28H34F3NO6. The first-order valence-corrected chi connectivity index (χ1v) is 12.8. The lowest BCUT2D eigenvalue weighted by molar-refractivity contribution is -0.200. The van der Waals surface area contributed by atoms with Gasteiger partial charge in [0.2, 0.25) is 0 Å². The summed E-state index contributed by atoms with van der Waals surface area (Å²) in [7, 11) is 0. The van der Waals surface area contributed by atoms with E-state index in [4.69, 9.17) is 14.2 Å². The third-order valence-electron chi connectivity index (χ3n) is 7.13. The molecule has 4 rings (SSSR count). The number of carbonyl (C=O) groups is 1. The number of benzene rings is 2. The van der Waals surface area contributed by atoms with Gasteiger partial charge in [-0.3, -0.25) is 4.79 Å². The van der Waals surface area contributed by atoms with Crippen LogP contribution in [0.15, 0.2) is 48.5 Å². The fourth-order valence-electron chi connectivity index (χ4n) is 4.88. The van der Waals surface area contributed by atoms with E-state index in [1.54, 1.807) is 0 Å². The zero-order chi connectivity index (χ0) is 27.3. The molecule has 2 aromatic rings. The van der Waals surface area contributed by atoms with Gasteiger partial charge in [-0.15, -0.1) is 0 Å². The summed E-state index contributed by atoms with van der Waals surface area (Å²) < 4.78 is 57.2. The lowest BCUT2D eigenvalue weighted by atomic mass is 9.78. The molecule has 2 aromatic carbocycles. The van der Waals surface area contributed by atoms with Crippen LogP contribution in [0.4, 0.5) is 13.2 Å². The molecule has 0 bridgehead atoms. The van der Waals surface area contributed by atoms with Crippen molar-refractivity contribution in [2.24, 2.45) is 0 Å². The Morgan fingerprint density at radius 1 is 1.11 bits per heavy atom. The molecule has 1 saturated heterocycles. The second-order valence-electron chi connectivity index (χ2n) is 10.1. The van der Waals surface area contributed by atoms with E-state index < -0.39 is 41.6 Å². The van der Waals surface area contributed by atoms with E-state index in [0.29, 0.717) is 6.61 Å². The molecule has 38 heavy (non-hydrogen) atoms. The van der Waals surface area contributed by atoms with Crippen molar-refractivity contribution in [3.8, 4) is 0 Å². The fraction of sp³-hybridized carbons (Fsp3) is 0.536. The molecule has 3 N–H and O–H groups in total. The Kier molecular flexibility index (Phi) is 9.10. The van der Waals surface area contributed by atoms with Crippen LogP contribution in [0.3, 0.4) is 0 Å². The molecule has 10 heteroatoms. The minimum absolute atomic E-state index is 0.0899. The Bertz CT molecular complexity index is 1070. The van der Waals surface area contributed by atoms with Crippen LogP contribution in [0.25, 0.3) is 0 Å². The van der Waals surface area contributed by atoms with Gasteiger partial charge >= 0.3 is 6.18 Å². The average Bonchev–Trinajstić information content (AvgIpc) is 3.41. The molecule has 1 saturated carbocycles. The highest BCUT2D eigenvalue weighted by Crippen LogP contribution is 2.36. The summed E-state index contributed by atoms with van der Waals surface area (Å²) in [4.78, 5) is 13.5. The van der Waals surface area contributed by atoms with Crippen molar-refractivity contribution in [2.75, 3.05) is 13.2 Å². The first-order chi connectivity index (χ1) is 18.1. The summed E-state index contributed by atoms with van der Waals surface area (Å²) in [6.45, 7) is 2.64. The zero-order valence-electron chi connectivity index (χ0n) is 21.2. The molecule has 1 aliphatic heterocycles. The van der Waals surface area contributed by atoms with Crippen LogP contribution in [0, 0.1) is 6.92 Å². The second kappa shape index (κ2) is 12.1. The number of hydrogen-bond acceptors (Lipinski definition) is 6. The summed E-state index contributed by atoms with van der Waals surface area (Å²) in [5.74, 6) is -0.533. The summed E-state index contributed by atoms with van der Waals surface area (Å²) in [6.07, 6.45) is -6.88. The van der Waals surface area contributed by atoms with Gasteiger partial charge in [-0.2, -0.15) is 13.2 Å². The number of amides is 1. The SMILES string of the molecule is Cc1ccc(COC2C[C@](OCc3cccc(C(F)(F)F)c3)(C(=O)NCC3CCCO3)C[C@@H](O)[C@H]2O)cc1. The summed E-state index contributed by atoms with van der Waals surface area (Å²) in [5.41, 5.74) is -0.311. The van der Waals surface area contributed by atoms with Gasteiger partial charge in [0.25, 0.3) is 5.91 Å². The van der Waals surface area contributed by atoms with Gasteiger partial charge in [-0.1, -0.05) is 42.0 Å². The summed E-state index contributed by atoms with van der Waals surface area (Å²) in [5, 5.41) is 24.2. The molecule has 2 aliphatic rings. The molecule has 208 valence electrons. The number of halogens is 3. The number of hydrogen-bond donors (Lipinski definition) is 3. The van der Waals surface area contributed by atoms with E-state index in [1.165, 1.54) is 12.1 Å². The van der Waals surface area contributed by atoms with E-state index in [-0.39, 0.29) is 44.3 Å². The van der Waals surface area contributed by atoms with Gasteiger partial charge in [-0.05, 0) is 43.0 Å². The Morgan fingerprint density at radius 3 is 2.55 bits per heavy atom. The van der Waals surface area contributed by atoms with Crippen molar-refractivity contribution >= 4 is 5.91 Å². The third kappa shape index (κ3) is 7.12. The second-order valence-corrected chi connectivity index (χ2v) is 10.1. The van der Waals surface area contributed by atoms with Crippen molar-refractivity contribution in [1.29, 1.82) is 0 Å². The minimum atomic E-state index is -4.52. The number of aliphatic hydroxyl groups is 2. The Morgan fingerprint density at radius 2 is 1.87 bits per heavy atom. The molecule has 0 aromatic heterocycles. The van der Waals surface area contributed by atoms with Crippen LogP contribution in [0.1, 0.15) is 47.9 Å². The average molecular weight is 538 g/mol. The van der Waals surface area contributed by atoms with E-state index in [1.807, 2.05) is 31.2 Å². The Hall–Kier alpha value is -2.50. The van der Waals surface area contributed by atoms with Crippen LogP contribution in [0.2, 0.25) is 0 Å². The number of nitrogens with one attached hydrogen (secondary N) is 1. The first kappa shape index (κ1) is 28.5. The minimum Gasteiger partial charge on any atom is -0.390 e. The largest absolute Gasteiger partial charge is 0.416 e. The number of alkyl halides is 3. The molecule has 1 amide bonds. The van der Waals surface area contributed by atoms with Crippen LogP contribution in [-0.2, 0) is 38.4 Å². The maximum atomic E-state index is 13.5. The molecule has 2 fully saturated rings. The Labute approximate surface area is 219 Å². The smallest absolute Gasteiger partial charge is 0.390 e. The van der Waals surface area contributed by atoms with E-state index >= 15 is 0 Å². The van der Waals surface area contributed by atoms with Crippen LogP contribution >= 0.6 is 0 Å². The molecular weight excluding hydrogens is 503 g/mol. The highest BCUT2D eigenvalue weighted by molar-refractivity contribution is 5.85. The quantitative estimate of drug-likeness (QED) is 0.452. The van der Waals surface area contributed by atoms with Crippen molar-refractivity contribution in [2.45, 2.75) is 82.0 Å². The predicted molar refractivity (Wildman–Crippen MR) is 132 cm³/mol. The van der Waals surface area contributed by atoms with E-state index in [0.717, 1.165) is 36.1 Å². The maximum absolute atomic E-state index is 13.5. The predicted octanol–water partition coefficient (Wildman–Crippen LogP) is 3.67. The lowest BCUT2D eigenvalue weighted by Crippen LogP contribution is -2.61. The lowest BCUT2D eigenvalue weighted by Gasteiger charge is -2.44. The molecule has 0 radical (unpaired) electrons. The van der Waals surface area contributed by atoms with Gasteiger partial charge < -0.3 is 29.7 Å². The summed E-state index contributed by atoms with van der Waals surface area (Å²) in [6, 6.07) is 12.3. The number of carbonyl (C=O) groups excluding carboxylic acids is 1. The normalized spacial score (nSPS) is 27.8. The molecule has 7 nitrogen and oxygen atoms in total. The van der Waals surface area contributed by atoms with Gasteiger partial charge in [-0.25, -0.2) is 0 Å². The number of aliphatic hydroxyl groups excluding tert-OH is 2. The monoisotopic (exact) mass is 537 g/mol. The van der Waals surface area contributed by atoms with Crippen LogP contribution in [0.5, 0.6) is 0 Å². The maximum Gasteiger partial charge on any atom is 0.416 e. The highest BCUT2D eigenvalue weighted by atomic mass is 19.4. The number of ether oxygens (including phenoxy) is 3. The van der Waals surface area contributed by atoms with Crippen molar-refractivity contribution in [3.63, 3.8) is 0 Å². The van der Waals surface area contributed by atoms with Gasteiger partial charge in [0, 0.05) is 26.0 Å². The third-order valence-corrected chi connectivity index (χ3v) is 7.13. The molecule has 5 atom stereocenters. The molecule has 1 aliphatic carbocycles. The zero-order valence-corrected chi connectivity index (χ0v) is 21.2. The van der Waals surface area contributed by atoms with Crippen LogP contribution < -0.4 is 5.32 Å². The van der Waals surface area contributed by atoms with Gasteiger partial charge in [0.05, 0.1) is 37.1 Å². The van der Waals surface area contributed by atoms with Gasteiger partial charge in [0.15, 0.2) is 5.60 Å². The van der Waals surface area contributed by atoms with Gasteiger partial charge in [0.1, 0.15) is 6.10 Å². The first-order valence-electron chi connectivity index (χ1n) is 12.8. The van der Waals surface area contributed by atoms with Crippen LogP contribution in [-0.4, -0.2) is 59.3 Å². The summed E-state index contributed by atoms with van der Waals surface area (Å²) >= 11 is 0. The molecule has 1 heterocycles. The van der Waals surface area contributed by atoms with Crippen molar-refractivity contribution < 1.29 is 42.4 Å². The number of rotatable bonds is 9. The highest BCUT2D eigenvalue weighted by Gasteiger charge is 2.51. The molecule has 0 spiro atoms. The fourth-order valence-corrected chi connectivity index (χ4v) is 4.88. The van der Waals surface area contributed by atoms with Crippen molar-refractivity contribution in [1.82, 2.24) is 5.32 Å². The standard InChI is InChI=1S/C28H34F3NO6/c1-18-7-9-19(10-8-18)16-37-24-14-27(13-23(33)25(24)34,26(35)32-15-22-6-3-11-36-22)38-17-20-4-2-5-21(12-20)28(29,30)31/h2,4-5,7-10,12,22-25,33-34H,3,6,11,13-17H2,1H3,(H,32,35)/t22?,23-,24?,25-,27+/m1/s1. The number of aryl methyl sites for hydroxylation is 1. The van der Waals surface area contributed by atoms with E-state index in [9.17, 15) is 28.2 Å². The molecule has 2 unspecified atom stereocenters.